The zero-order chi connectivity index (χ0) is 9.47. The molecule has 0 unspecified atom stereocenters. The minimum Gasteiger partial charge on any atom is -0.383 e. The van der Waals surface area contributed by atoms with Crippen molar-refractivity contribution in [1.29, 1.82) is 5.26 Å². The molecule has 1 aliphatic carbocycles. The molecule has 1 aromatic rings. The van der Waals surface area contributed by atoms with Gasteiger partial charge in [-0.15, -0.1) is 0 Å². The Balaban J connectivity index is 2.43. The molecular weight excluding hydrogens is 162 g/mol. The molecule has 0 amide bonds. The van der Waals surface area contributed by atoms with Gasteiger partial charge in [0, 0.05) is 11.1 Å². The molecule has 0 aliphatic heterocycles. The normalized spacial score (nSPS) is 17.8. The van der Waals surface area contributed by atoms with Crippen LogP contribution in [0, 0.1) is 11.3 Å². The van der Waals surface area contributed by atoms with Gasteiger partial charge in [0.05, 0.1) is 5.56 Å². The van der Waals surface area contributed by atoms with Crippen LogP contribution in [0.3, 0.4) is 0 Å². The number of nitrogen functional groups attached to an aromatic ring is 1. The van der Waals surface area contributed by atoms with Crippen molar-refractivity contribution in [3.05, 3.63) is 23.4 Å². The lowest BCUT2D eigenvalue weighted by atomic mass is 10.0. The van der Waals surface area contributed by atoms with E-state index in [0.717, 1.165) is 5.69 Å². The number of anilines is 1. The van der Waals surface area contributed by atoms with E-state index in [4.69, 9.17) is 11.0 Å². The van der Waals surface area contributed by atoms with Gasteiger partial charge in [-0.1, -0.05) is 6.92 Å². The summed E-state index contributed by atoms with van der Waals surface area (Å²) in [7, 11) is 0. The molecule has 1 aliphatic rings. The molecule has 0 atom stereocenters. The molecule has 3 heteroatoms. The summed E-state index contributed by atoms with van der Waals surface area (Å²) in [6.07, 6.45) is 2.34. The zero-order valence-electron chi connectivity index (χ0n) is 7.54. The number of hydrogen-bond donors (Lipinski definition) is 1. The molecule has 0 saturated heterocycles. The van der Waals surface area contributed by atoms with Crippen LogP contribution < -0.4 is 5.73 Å². The quantitative estimate of drug-likeness (QED) is 0.701. The summed E-state index contributed by atoms with van der Waals surface area (Å²) >= 11 is 0. The molecule has 0 aromatic carbocycles. The van der Waals surface area contributed by atoms with Gasteiger partial charge in [0.25, 0.3) is 0 Å². The van der Waals surface area contributed by atoms with Gasteiger partial charge in [0.15, 0.2) is 0 Å². The van der Waals surface area contributed by atoms with Gasteiger partial charge in [0.2, 0.25) is 0 Å². The number of nitriles is 1. The van der Waals surface area contributed by atoms with E-state index in [1.165, 1.54) is 12.8 Å². The highest BCUT2D eigenvalue weighted by molar-refractivity contribution is 5.49. The first-order valence-corrected chi connectivity index (χ1v) is 4.33. The molecule has 0 radical (unpaired) electrons. The highest BCUT2D eigenvalue weighted by atomic mass is 14.9. The van der Waals surface area contributed by atoms with Crippen molar-refractivity contribution in [2.45, 2.75) is 25.2 Å². The highest BCUT2D eigenvalue weighted by Crippen LogP contribution is 2.46. The second-order valence-electron chi connectivity index (χ2n) is 3.80. The van der Waals surface area contributed by atoms with Crippen LogP contribution in [-0.4, -0.2) is 4.98 Å². The lowest BCUT2D eigenvalue weighted by molar-refractivity contribution is 0.752. The van der Waals surface area contributed by atoms with E-state index in [-0.39, 0.29) is 5.41 Å². The lowest BCUT2D eigenvalue weighted by Gasteiger charge is -2.08. The molecule has 1 heterocycles. The van der Waals surface area contributed by atoms with Gasteiger partial charge >= 0.3 is 0 Å². The van der Waals surface area contributed by atoms with Crippen LogP contribution in [0.25, 0.3) is 0 Å². The molecule has 0 spiro atoms. The van der Waals surface area contributed by atoms with Crippen LogP contribution in [0.2, 0.25) is 0 Å². The largest absolute Gasteiger partial charge is 0.383 e. The molecule has 13 heavy (non-hydrogen) atoms. The first-order valence-electron chi connectivity index (χ1n) is 4.33. The van der Waals surface area contributed by atoms with Crippen molar-refractivity contribution in [2.24, 2.45) is 0 Å². The third-order valence-electron chi connectivity index (χ3n) is 2.66. The van der Waals surface area contributed by atoms with Gasteiger partial charge in [0.1, 0.15) is 11.9 Å². The minimum absolute atomic E-state index is 0.224. The van der Waals surface area contributed by atoms with Gasteiger partial charge in [-0.2, -0.15) is 5.26 Å². The van der Waals surface area contributed by atoms with Crippen LogP contribution >= 0.6 is 0 Å². The molecule has 0 bridgehead atoms. The van der Waals surface area contributed by atoms with E-state index in [9.17, 15) is 0 Å². The second kappa shape index (κ2) is 2.46. The molecular formula is C10H11N3. The Morgan fingerprint density at radius 2 is 2.23 bits per heavy atom. The topological polar surface area (TPSA) is 62.7 Å². The summed E-state index contributed by atoms with van der Waals surface area (Å²) in [6.45, 7) is 2.17. The van der Waals surface area contributed by atoms with Crippen molar-refractivity contribution in [1.82, 2.24) is 4.98 Å². The Morgan fingerprint density at radius 3 is 2.69 bits per heavy atom. The van der Waals surface area contributed by atoms with E-state index >= 15 is 0 Å². The third-order valence-corrected chi connectivity index (χ3v) is 2.66. The maximum absolute atomic E-state index is 8.66. The van der Waals surface area contributed by atoms with Gasteiger partial charge in [-0.25, -0.2) is 4.98 Å². The molecule has 66 valence electrons. The van der Waals surface area contributed by atoms with Crippen LogP contribution in [0.1, 0.15) is 31.0 Å². The number of hydrogen-bond acceptors (Lipinski definition) is 3. The summed E-state index contributed by atoms with van der Waals surface area (Å²) in [5.74, 6) is 0.355. The lowest BCUT2D eigenvalue weighted by Crippen LogP contribution is -2.06. The predicted molar refractivity (Wildman–Crippen MR) is 50.0 cm³/mol. The van der Waals surface area contributed by atoms with E-state index in [0.29, 0.717) is 11.4 Å². The van der Waals surface area contributed by atoms with Gasteiger partial charge < -0.3 is 5.73 Å². The Morgan fingerprint density at radius 1 is 1.54 bits per heavy atom. The van der Waals surface area contributed by atoms with Crippen molar-refractivity contribution in [2.75, 3.05) is 5.73 Å². The van der Waals surface area contributed by atoms with Gasteiger partial charge in [-0.05, 0) is 25.0 Å². The van der Waals surface area contributed by atoms with Crippen molar-refractivity contribution >= 4 is 5.82 Å². The van der Waals surface area contributed by atoms with Crippen LogP contribution in [0.5, 0.6) is 0 Å². The SMILES string of the molecule is CC1(c2ccc(C#N)c(N)n2)CC1. The Bertz CT molecular complexity index is 386. The Kier molecular flexibility index (Phi) is 1.53. The first kappa shape index (κ1) is 8.06. The second-order valence-corrected chi connectivity index (χ2v) is 3.80. The molecule has 2 rings (SSSR count). The fourth-order valence-corrected chi connectivity index (χ4v) is 1.35. The molecule has 1 aromatic heterocycles. The zero-order valence-corrected chi connectivity index (χ0v) is 7.54. The standard InChI is InChI=1S/C10H11N3/c1-10(4-5-10)8-3-2-7(6-11)9(12)13-8/h2-3H,4-5H2,1H3,(H2,12,13). The predicted octanol–water partition coefficient (Wildman–Crippen LogP) is 1.59. The number of nitrogens with two attached hydrogens (primary N) is 1. The van der Waals surface area contributed by atoms with Crippen molar-refractivity contribution < 1.29 is 0 Å². The average Bonchev–Trinajstić information content (AvgIpc) is 2.85. The van der Waals surface area contributed by atoms with Gasteiger partial charge in [-0.3, -0.25) is 0 Å². The van der Waals surface area contributed by atoms with E-state index in [1.54, 1.807) is 6.07 Å². The van der Waals surface area contributed by atoms with Crippen molar-refractivity contribution in [3.8, 4) is 6.07 Å². The van der Waals surface area contributed by atoms with E-state index in [1.807, 2.05) is 12.1 Å². The number of rotatable bonds is 1. The Hall–Kier alpha value is -1.56. The fourth-order valence-electron chi connectivity index (χ4n) is 1.35. The Labute approximate surface area is 77.2 Å². The summed E-state index contributed by atoms with van der Waals surface area (Å²) in [6, 6.07) is 5.66. The molecule has 1 fully saturated rings. The third kappa shape index (κ3) is 1.25. The van der Waals surface area contributed by atoms with Crippen LogP contribution in [0.15, 0.2) is 12.1 Å². The summed E-state index contributed by atoms with van der Waals surface area (Å²) in [5, 5.41) is 8.66. The van der Waals surface area contributed by atoms with Crippen molar-refractivity contribution in [3.63, 3.8) is 0 Å². The molecule has 3 nitrogen and oxygen atoms in total. The maximum Gasteiger partial charge on any atom is 0.141 e. The highest BCUT2D eigenvalue weighted by Gasteiger charge is 2.40. The fraction of sp³-hybridized carbons (Fsp3) is 0.400. The summed E-state index contributed by atoms with van der Waals surface area (Å²) in [5.41, 5.74) is 7.33. The smallest absolute Gasteiger partial charge is 0.141 e. The minimum atomic E-state index is 0.224. The van der Waals surface area contributed by atoms with Crippen LogP contribution in [0.4, 0.5) is 5.82 Å². The average molecular weight is 173 g/mol. The number of pyridine rings is 1. The summed E-state index contributed by atoms with van der Waals surface area (Å²) in [4.78, 5) is 4.23. The molecule has 2 N–H and O–H groups in total. The number of aromatic nitrogens is 1. The van der Waals surface area contributed by atoms with E-state index in [2.05, 4.69) is 11.9 Å². The monoisotopic (exact) mass is 173 g/mol. The summed E-state index contributed by atoms with van der Waals surface area (Å²) < 4.78 is 0. The van der Waals surface area contributed by atoms with Crippen LogP contribution in [-0.2, 0) is 5.41 Å². The van der Waals surface area contributed by atoms with E-state index < -0.39 is 0 Å². The first-order chi connectivity index (χ1) is 6.15. The molecule has 1 saturated carbocycles. The maximum atomic E-state index is 8.66. The number of nitrogens with zero attached hydrogens (tertiary/aromatic N) is 2.